The van der Waals surface area contributed by atoms with Gasteiger partial charge in [-0.2, -0.15) is 0 Å². The van der Waals surface area contributed by atoms with Gasteiger partial charge in [-0.25, -0.2) is 0 Å². The van der Waals surface area contributed by atoms with E-state index in [1.807, 2.05) is 0 Å². The van der Waals surface area contributed by atoms with Gasteiger partial charge in [-0.15, -0.1) is 11.6 Å². The number of hydrogen-bond donors (Lipinski definition) is 2. The number of nitrogen functional groups attached to an aromatic ring is 1. The predicted molar refractivity (Wildman–Crippen MR) is 52.6 cm³/mol. The summed E-state index contributed by atoms with van der Waals surface area (Å²) in [6, 6.07) is 2.53. The van der Waals surface area contributed by atoms with E-state index in [1.54, 1.807) is 0 Å². The van der Waals surface area contributed by atoms with Gasteiger partial charge in [0.25, 0.3) is 0 Å². The highest BCUT2D eigenvalue weighted by Crippen LogP contribution is 2.28. The van der Waals surface area contributed by atoms with Crippen molar-refractivity contribution >= 4 is 34.7 Å². The highest BCUT2D eigenvalue weighted by atomic mass is 35.5. The summed E-state index contributed by atoms with van der Waals surface area (Å²) < 4.78 is 0. The van der Waals surface area contributed by atoms with Crippen molar-refractivity contribution in [3.05, 3.63) is 22.7 Å². The number of carbonyl (C=O) groups is 1. The van der Waals surface area contributed by atoms with Gasteiger partial charge in [-0.05, 0) is 12.1 Å². The number of halogens is 2. The number of aromatic hydroxyl groups is 1. The number of Topliss-reactive ketones (excluding diaryl/α,β-unsaturated/α-hetero) is 1. The lowest BCUT2D eigenvalue weighted by Gasteiger charge is -2.04. The van der Waals surface area contributed by atoms with Crippen LogP contribution in [0.25, 0.3) is 0 Å². The second-order valence-corrected chi connectivity index (χ2v) is 3.12. The molecule has 3 N–H and O–H groups in total. The van der Waals surface area contributed by atoms with E-state index in [0.29, 0.717) is 0 Å². The van der Waals surface area contributed by atoms with Crippen molar-refractivity contribution in [3.8, 4) is 5.75 Å². The molecule has 0 aliphatic heterocycles. The van der Waals surface area contributed by atoms with E-state index < -0.39 is 0 Å². The first-order valence-corrected chi connectivity index (χ1v) is 4.34. The van der Waals surface area contributed by atoms with Crippen molar-refractivity contribution in [1.29, 1.82) is 0 Å². The van der Waals surface area contributed by atoms with Gasteiger partial charge in [-0.3, -0.25) is 4.79 Å². The maximum absolute atomic E-state index is 11.1. The third kappa shape index (κ3) is 2.05. The molecular weight excluding hydrogens is 213 g/mol. The molecular formula is C8H7Cl2NO2. The molecule has 0 heterocycles. The average Bonchev–Trinajstić information content (AvgIpc) is 2.10. The van der Waals surface area contributed by atoms with Gasteiger partial charge in [0.2, 0.25) is 0 Å². The smallest absolute Gasteiger partial charge is 0.179 e. The Morgan fingerprint density at radius 2 is 2.15 bits per heavy atom. The molecule has 0 aromatic heterocycles. The van der Waals surface area contributed by atoms with Crippen LogP contribution in [0.2, 0.25) is 5.02 Å². The lowest BCUT2D eigenvalue weighted by Crippen LogP contribution is -2.02. The molecule has 0 amide bonds. The summed E-state index contributed by atoms with van der Waals surface area (Å²) in [5.41, 5.74) is 5.67. The van der Waals surface area contributed by atoms with Gasteiger partial charge in [-0.1, -0.05) is 11.6 Å². The molecule has 0 bridgehead atoms. The Bertz CT molecular complexity index is 352. The van der Waals surface area contributed by atoms with E-state index in [2.05, 4.69) is 0 Å². The number of phenolic OH excluding ortho intramolecular Hbond substituents is 1. The maximum Gasteiger partial charge on any atom is 0.179 e. The molecule has 0 radical (unpaired) electrons. The minimum Gasteiger partial charge on any atom is -0.506 e. The number of ketones is 1. The standard InChI is InChI=1S/C8H7Cl2NO2/c9-3-8(13)4-1-7(12)6(11)2-5(4)10/h1-2,12H,3,11H2. The van der Waals surface area contributed by atoms with Crippen LogP contribution in [0.3, 0.4) is 0 Å². The molecule has 0 saturated heterocycles. The molecule has 0 aliphatic carbocycles. The van der Waals surface area contributed by atoms with Crippen LogP contribution >= 0.6 is 23.2 Å². The SMILES string of the molecule is Nc1cc(Cl)c(C(=O)CCl)cc1O. The van der Waals surface area contributed by atoms with Crippen LogP contribution in [-0.4, -0.2) is 16.8 Å². The third-order valence-corrected chi connectivity index (χ3v) is 2.09. The highest BCUT2D eigenvalue weighted by Gasteiger charge is 2.11. The predicted octanol–water partition coefficient (Wildman–Crippen LogP) is 2.05. The van der Waals surface area contributed by atoms with Gasteiger partial charge in [0.05, 0.1) is 16.6 Å². The first kappa shape index (κ1) is 10.2. The fraction of sp³-hybridized carbons (Fsp3) is 0.125. The number of phenols is 1. The van der Waals surface area contributed by atoms with Crippen molar-refractivity contribution < 1.29 is 9.90 Å². The summed E-state index contributed by atoms with van der Waals surface area (Å²) in [7, 11) is 0. The largest absolute Gasteiger partial charge is 0.506 e. The molecule has 1 aromatic carbocycles. The van der Waals surface area contributed by atoms with Crippen LogP contribution in [0.15, 0.2) is 12.1 Å². The number of rotatable bonds is 2. The van der Waals surface area contributed by atoms with Crippen LogP contribution in [0.4, 0.5) is 5.69 Å². The molecule has 1 rings (SSSR count). The first-order chi connectivity index (χ1) is 6.06. The fourth-order valence-corrected chi connectivity index (χ4v) is 1.28. The zero-order chi connectivity index (χ0) is 10.0. The summed E-state index contributed by atoms with van der Waals surface area (Å²) >= 11 is 11.0. The zero-order valence-corrected chi connectivity index (χ0v) is 8.06. The van der Waals surface area contributed by atoms with E-state index in [0.717, 1.165) is 0 Å². The van der Waals surface area contributed by atoms with Gasteiger partial charge in [0, 0.05) is 5.56 Å². The Morgan fingerprint density at radius 3 is 2.69 bits per heavy atom. The van der Waals surface area contributed by atoms with Crippen LogP contribution < -0.4 is 5.73 Å². The molecule has 0 fully saturated rings. The lowest BCUT2D eigenvalue weighted by atomic mass is 10.1. The van der Waals surface area contributed by atoms with E-state index in [9.17, 15) is 9.90 Å². The molecule has 0 spiro atoms. The van der Waals surface area contributed by atoms with E-state index in [1.165, 1.54) is 12.1 Å². The molecule has 0 aliphatic rings. The summed E-state index contributed by atoms with van der Waals surface area (Å²) in [6.07, 6.45) is 0. The number of nitrogens with two attached hydrogens (primary N) is 1. The molecule has 5 heteroatoms. The van der Waals surface area contributed by atoms with Gasteiger partial charge < -0.3 is 10.8 Å². The van der Waals surface area contributed by atoms with E-state index in [4.69, 9.17) is 28.9 Å². The number of anilines is 1. The molecule has 0 atom stereocenters. The number of alkyl halides is 1. The Kier molecular flexibility index (Phi) is 3.01. The van der Waals surface area contributed by atoms with Gasteiger partial charge >= 0.3 is 0 Å². The third-order valence-electron chi connectivity index (χ3n) is 1.54. The Morgan fingerprint density at radius 1 is 1.54 bits per heavy atom. The van der Waals surface area contributed by atoms with Crippen LogP contribution in [0, 0.1) is 0 Å². The number of carbonyl (C=O) groups excluding carboxylic acids is 1. The highest BCUT2D eigenvalue weighted by molar-refractivity contribution is 6.37. The Hall–Kier alpha value is -0.930. The summed E-state index contributed by atoms with van der Waals surface area (Å²) in [4.78, 5) is 11.1. The monoisotopic (exact) mass is 219 g/mol. The van der Waals surface area contributed by atoms with Gasteiger partial charge in [0.15, 0.2) is 5.78 Å². The first-order valence-electron chi connectivity index (χ1n) is 3.43. The molecule has 13 heavy (non-hydrogen) atoms. The van der Waals surface area contributed by atoms with Gasteiger partial charge in [0.1, 0.15) is 5.75 Å². The number of benzene rings is 1. The topological polar surface area (TPSA) is 63.3 Å². The van der Waals surface area contributed by atoms with Crippen molar-refractivity contribution in [1.82, 2.24) is 0 Å². The second-order valence-electron chi connectivity index (χ2n) is 2.45. The van der Waals surface area contributed by atoms with Crippen LogP contribution in [0.5, 0.6) is 5.75 Å². The average molecular weight is 220 g/mol. The molecule has 0 unspecified atom stereocenters. The Labute approximate surface area is 85.1 Å². The second kappa shape index (κ2) is 3.85. The fourth-order valence-electron chi connectivity index (χ4n) is 0.863. The van der Waals surface area contributed by atoms with E-state index in [-0.39, 0.29) is 33.7 Å². The minimum atomic E-state index is -0.345. The van der Waals surface area contributed by atoms with E-state index >= 15 is 0 Å². The molecule has 70 valence electrons. The van der Waals surface area contributed by atoms with Crippen LogP contribution in [-0.2, 0) is 0 Å². The molecule has 3 nitrogen and oxygen atoms in total. The lowest BCUT2D eigenvalue weighted by molar-refractivity contribution is 0.102. The molecule has 0 saturated carbocycles. The summed E-state index contributed by atoms with van der Waals surface area (Å²) in [6.45, 7) is 0. The number of hydrogen-bond acceptors (Lipinski definition) is 3. The van der Waals surface area contributed by atoms with Crippen molar-refractivity contribution in [3.63, 3.8) is 0 Å². The van der Waals surface area contributed by atoms with Crippen molar-refractivity contribution in [2.24, 2.45) is 0 Å². The maximum atomic E-state index is 11.1. The quantitative estimate of drug-likeness (QED) is 0.347. The minimum absolute atomic E-state index is 0.135. The van der Waals surface area contributed by atoms with Crippen LogP contribution in [0.1, 0.15) is 10.4 Å². The Balaban J connectivity index is 3.23. The normalized spacial score (nSPS) is 10.0. The summed E-state index contributed by atoms with van der Waals surface area (Å²) in [5, 5.41) is 9.39. The zero-order valence-electron chi connectivity index (χ0n) is 6.55. The summed E-state index contributed by atoms with van der Waals surface area (Å²) in [5.74, 6) is -0.692. The molecule has 1 aromatic rings. The van der Waals surface area contributed by atoms with Crippen molar-refractivity contribution in [2.45, 2.75) is 0 Å². The van der Waals surface area contributed by atoms with Crippen molar-refractivity contribution in [2.75, 3.05) is 11.6 Å².